The van der Waals surface area contributed by atoms with Crippen LogP contribution in [0.2, 0.25) is 0 Å². The number of hydrogen-bond donors (Lipinski definition) is 0. The summed E-state index contributed by atoms with van der Waals surface area (Å²) in [4.78, 5) is 2.46. The molecule has 0 saturated heterocycles. The highest BCUT2D eigenvalue weighted by atomic mass is 35.5. The summed E-state index contributed by atoms with van der Waals surface area (Å²) in [6.07, 6.45) is 1.94. The van der Waals surface area contributed by atoms with Crippen molar-refractivity contribution in [3.8, 4) is 11.1 Å². The number of benzene rings is 2. The zero-order valence-electron chi connectivity index (χ0n) is 15.4. The van der Waals surface area contributed by atoms with Crippen LogP contribution in [0.3, 0.4) is 0 Å². The van der Waals surface area contributed by atoms with Crippen LogP contribution >= 0.6 is 12.4 Å². The molecule has 0 aliphatic carbocycles. The fourth-order valence-corrected chi connectivity index (χ4v) is 3.41. The fraction of sp³-hybridized carbons (Fsp3) is 0.364. The van der Waals surface area contributed by atoms with E-state index in [0.29, 0.717) is 0 Å². The Labute approximate surface area is 157 Å². The van der Waals surface area contributed by atoms with E-state index in [1.165, 1.54) is 22.1 Å². The summed E-state index contributed by atoms with van der Waals surface area (Å²) >= 11 is 0. The lowest BCUT2D eigenvalue weighted by Gasteiger charge is -2.17. The third kappa shape index (κ3) is 4.08. The molecule has 3 heteroatoms. The molecule has 0 fully saturated rings. The normalized spacial score (nSPS) is 11.0. The van der Waals surface area contributed by atoms with Crippen LogP contribution in [0.25, 0.3) is 22.1 Å². The fourth-order valence-electron chi connectivity index (χ4n) is 3.41. The van der Waals surface area contributed by atoms with Crippen LogP contribution in [-0.2, 0) is 12.8 Å². The highest BCUT2D eigenvalue weighted by molar-refractivity contribution is 5.97. The molecule has 0 spiro atoms. The molecule has 0 aliphatic rings. The molecular formula is C22H28ClNO. The van der Waals surface area contributed by atoms with Gasteiger partial charge in [0.2, 0.25) is 0 Å². The Bertz CT molecular complexity index is 790. The Kier molecular flexibility index (Phi) is 7.10. The second kappa shape index (κ2) is 9.07. The van der Waals surface area contributed by atoms with Crippen molar-refractivity contribution in [3.63, 3.8) is 0 Å². The number of fused-ring (bicyclic) bond motifs is 1. The molecule has 2 aromatic carbocycles. The summed E-state index contributed by atoms with van der Waals surface area (Å²) in [6.45, 7) is 9.88. The van der Waals surface area contributed by atoms with Gasteiger partial charge >= 0.3 is 0 Å². The molecule has 3 rings (SSSR count). The van der Waals surface area contributed by atoms with E-state index >= 15 is 0 Å². The van der Waals surface area contributed by atoms with E-state index in [1.807, 2.05) is 0 Å². The first-order chi connectivity index (χ1) is 11.8. The first-order valence-corrected chi connectivity index (χ1v) is 9.09. The summed E-state index contributed by atoms with van der Waals surface area (Å²) in [7, 11) is 0. The van der Waals surface area contributed by atoms with Gasteiger partial charge in [0.05, 0.1) is 0 Å². The number of halogens is 1. The maximum Gasteiger partial charge on any atom is 0.138 e. The van der Waals surface area contributed by atoms with Crippen LogP contribution < -0.4 is 0 Å². The van der Waals surface area contributed by atoms with Gasteiger partial charge in [-0.15, -0.1) is 12.4 Å². The predicted molar refractivity (Wildman–Crippen MR) is 110 cm³/mol. The van der Waals surface area contributed by atoms with Crippen molar-refractivity contribution in [2.24, 2.45) is 0 Å². The Balaban J connectivity index is 0.00000225. The maximum atomic E-state index is 6.31. The Morgan fingerprint density at radius 1 is 0.880 bits per heavy atom. The average molecular weight is 358 g/mol. The van der Waals surface area contributed by atoms with Crippen molar-refractivity contribution in [3.05, 3.63) is 59.9 Å². The van der Waals surface area contributed by atoms with Gasteiger partial charge in [-0.1, -0.05) is 69.3 Å². The van der Waals surface area contributed by atoms with Crippen molar-refractivity contribution in [1.82, 2.24) is 4.90 Å². The third-order valence-electron chi connectivity index (χ3n) is 4.85. The van der Waals surface area contributed by atoms with E-state index in [-0.39, 0.29) is 12.4 Å². The summed E-state index contributed by atoms with van der Waals surface area (Å²) < 4.78 is 6.31. The molecule has 134 valence electrons. The van der Waals surface area contributed by atoms with Gasteiger partial charge in [-0.2, -0.15) is 0 Å². The molecule has 0 saturated carbocycles. The number of aryl methyl sites for hydroxylation is 1. The highest BCUT2D eigenvalue weighted by Gasteiger charge is 2.17. The minimum atomic E-state index is 0. The van der Waals surface area contributed by atoms with Crippen LogP contribution in [-0.4, -0.2) is 24.5 Å². The van der Waals surface area contributed by atoms with Gasteiger partial charge in [0.1, 0.15) is 11.3 Å². The standard InChI is InChI=1S/C22H27NO.ClH/c1-4-20-21(17-11-8-7-9-12-17)19-14-10-13-18(22(19)24-20)15-16-23(5-2)6-3;/h7-14H,4-6,15-16H2,1-3H3;1H. The predicted octanol–water partition coefficient (Wildman–Crippen LogP) is 5.97. The number of para-hydroxylation sites is 1. The van der Waals surface area contributed by atoms with Gasteiger partial charge in [-0.25, -0.2) is 0 Å². The maximum absolute atomic E-state index is 6.31. The largest absolute Gasteiger partial charge is 0.460 e. The van der Waals surface area contributed by atoms with Crippen LogP contribution in [0.15, 0.2) is 52.9 Å². The van der Waals surface area contributed by atoms with E-state index in [4.69, 9.17) is 4.42 Å². The topological polar surface area (TPSA) is 16.4 Å². The average Bonchev–Trinajstić information content (AvgIpc) is 3.02. The molecule has 25 heavy (non-hydrogen) atoms. The van der Waals surface area contributed by atoms with Gasteiger partial charge in [0.25, 0.3) is 0 Å². The molecule has 1 heterocycles. The van der Waals surface area contributed by atoms with Gasteiger partial charge in [-0.05, 0) is 30.6 Å². The number of likely N-dealkylation sites (N-methyl/N-ethyl adjacent to an activating group) is 1. The van der Waals surface area contributed by atoms with Crippen molar-refractivity contribution in [1.29, 1.82) is 0 Å². The number of furan rings is 1. The molecule has 0 bridgehead atoms. The van der Waals surface area contributed by atoms with E-state index in [2.05, 4.69) is 74.2 Å². The Morgan fingerprint density at radius 2 is 1.60 bits per heavy atom. The van der Waals surface area contributed by atoms with Gasteiger partial charge < -0.3 is 9.32 Å². The van der Waals surface area contributed by atoms with Crippen molar-refractivity contribution in [2.45, 2.75) is 33.6 Å². The van der Waals surface area contributed by atoms with E-state index in [0.717, 1.165) is 43.8 Å². The minimum absolute atomic E-state index is 0. The minimum Gasteiger partial charge on any atom is -0.460 e. The summed E-state index contributed by atoms with van der Waals surface area (Å²) in [6, 6.07) is 17.2. The Hall–Kier alpha value is -1.77. The SMILES string of the molecule is CCc1oc2c(CCN(CC)CC)cccc2c1-c1ccccc1.Cl. The van der Waals surface area contributed by atoms with Gasteiger partial charge in [0, 0.05) is 23.9 Å². The van der Waals surface area contributed by atoms with Gasteiger partial charge in [-0.3, -0.25) is 0 Å². The van der Waals surface area contributed by atoms with E-state index in [9.17, 15) is 0 Å². The van der Waals surface area contributed by atoms with Gasteiger partial charge in [0.15, 0.2) is 0 Å². The van der Waals surface area contributed by atoms with Crippen LogP contribution in [0, 0.1) is 0 Å². The number of nitrogens with zero attached hydrogens (tertiary/aromatic N) is 1. The van der Waals surface area contributed by atoms with Crippen molar-refractivity contribution in [2.75, 3.05) is 19.6 Å². The lowest BCUT2D eigenvalue weighted by Crippen LogP contribution is -2.25. The van der Waals surface area contributed by atoms with Crippen molar-refractivity contribution >= 4 is 23.4 Å². The summed E-state index contributed by atoms with van der Waals surface area (Å²) in [5.74, 6) is 1.09. The molecule has 2 nitrogen and oxygen atoms in total. The Morgan fingerprint density at radius 3 is 2.24 bits per heavy atom. The molecular weight excluding hydrogens is 330 g/mol. The smallest absolute Gasteiger partial charge is 0.138 e. The second-order valence-electron chi connectivity index (χ2n) is 6.19. The zero-order chi connectivity index (χ0) is 16.9. The lowest BCUT2D eigenvalue weighted by molar-refractivity contribution is 0.308. The van der Waals surface area contributed by atoms with E-state index < -0.39 is 0 Å². The highest BCUT2D eigenvalue weighted by Crippen LogP contribution is 2.36. The zero-order valence-corrected chi connectivity index (χ0v) is 16.2. The molecule has 0 N–H and O–H groups in total. The number of rotatable bonds is 7. The lowest BCUT2D eigenvalue weighted by atomic mass is 9.99. The van der Waals surface area contributed by atoms with Crippen LogP contribution in [0.5, 0.6) is 0 Å². The molecule has 0 aliphatic heterocycles. The quantitative estimate of drug-likeness (QED) is 0.518. The molecule has 3 aromatic rings. The van der Waals surface area contributed by atoms with E-state index in [1.54, 1.807) is 0 Å². The van der Waals surface area contributed by atoms with Crippen LogP contribution in [0.4, 0.5) is 0 Å². The first kappa shape index (κ1) is 19.6. The van der Waals surface area contributed by atoms with Crippen LogP contribution in [0.1, 0.15) is 32.1 Å². The monoisotopic (exact) mass is 357 g/mol. The summed E-state index contributed by atoms with van der Waals surface area (Å²) in [5, 5.41) is 1.25. The molecule has 1 aromatic heterocycles. The molecule has 0 radical (unpaired) electrons. The number of hydrogen-bond acceptors (Lipinski definition) is 2. The first-order valence-electron chi connectivity index (χ1n) is 9.09. The third-order valence-corrected chi connectivity index (χ3v) is 4.85. The molecule has 0 unspecified atom stereocenters. The summed E-state index contributed by atoms with van der Waals surface area (Å²) in [5.41, 5.74) is 4.89. The molecule has 0 atom stereocenters. The second-order valence-corrected chi connectivity index (χ2v) is 6.19. The van der Waals surface area contributed by atoms with Crippen molar-refractivity contribution < 1.29 is 4.42 Å². The molecule has 0 amide bonds.